The monoisotopic (exact) mass is 313 g/mol. The highest BCUT2D eigenvalue weighted by molar-refractivity contribution is 6.03. The highest BCUT2D eigenvalue weighted by Gasteiger charge is 2.50. The van der Waals surface area contributed by atoms with Gasteiger partial charge < -0.3 is 14.6 Å². The van der Waals surface area contributed by atoms with E-state index in [-0.39, 0.29) is 6.61 Å². The van der Waals surface area contributed by atoms with Crippen molar-refractivity contribution in [1.82, 2.24) is 5.32 Å². The first kappa shape index (κ1) is 15.7. The van der Waals surface area contributed by atoms with E-state index >= 15 is 0 Å². The third-order valence-electron chi connectivity index (χ3n) is 3.13. The Hall–Kier alpha value is -2.64. The van der Waals surface area contributed by atoms with Crippen molar-refractivity contribution in [3.63, 3.8) is 0 Å². The number of ketones is 1. The molecule has 1 amide bonds. The maximum Gasteiger partial charge on any atom is 0.414 e. The average molecular weight is 313 g/mol. The van der Waals surface area contributed by atoms with Crippen molar-refractivity contribution >= 4 is 11.9 Å². The molecule has 0 saturated heterocycles. The van der Waals surface area contributed by atoms with E-state index in [0.29, 0.717) is 0 Å². The molecule has 118 valence electrons. The van der Waals surface area contributed by atoms with Crippen molar-refractivity contribution in [2.45, 2.75) is 19.4 Å². The first-order valence-corrected chi connectivity index (χ1v) is 6.36. The van der Waals surface area contributed by atoms with Crippen LogP contribution in [0.4, 0.5) is 13.6 Å². The molecule has 6 nitrogen and oxygen atoms in total. The summed E-state index contributed by atoms with van der Waals surface area (Å²) < 4.78 is 37.0. The fraction of sp³-hybridized carbons (Fsp3) is 0.286. The maximum absolute atomic E-state index is 13.9. The molecule has 2 N–H and O–H groups in total. The Morgan fingerprint density at radius 3 is 2.77 bits per heavy atom. The minimum absolute atomic E-state index is 0.0591. The van der Waals surface area contributed by atoms with E-state index in [1.165, 1.54) is 6.07 Å². The van der Waals surface area contributed by atoms with Crippen LogP contribution in [-0.4, -0.2) is 23.6 Å². The Balaban J connectivity index is 2.34. The SMILES string of the molecule is CCOC(=O)NC1=C(O)C(=O)C(C)(c2cccc(F)c2F)O1. The molecule has 0 radical (unpaired) electrons. The third kappa shape index (κ3) is 2.47. The summed E-state index contributed by atoms with van der Waals surface area (Å²) in [5.41, 5.74) is -2.39. The Morgan fingerprint density at radius 2 is 2.14 bits per heavy atom. The molecular formula is C14H13F2NO5. The Kier molecular flexibility index (Phi) is 4.03. The van der Waals surface area contributed by atoms with Gasteiger partial charge in [0.15, 0.2) is 11.6 Å². The van der Waals surface area contributed by atoms with Crippen LogP contribution in [0.5, 0.6) is 0 Å². The highest BCUT2D eigenvalue weighted by Crippen LogP contribution is 2.38. The van der Waals surface area contributed by atoms with Crippen molar-refractivity contribution < 1.29 is 33.0 Å². The fourth-order valence-electron chi connectivity index (χ4n) is 2.02. The van der Waals surface area contributed by atoms with Gasteiger partial charge in [0.25, 0.3) is 5.78 Å². The molecular weight excluding hydrogens is 300 g/mol. The fourth-order valence-corrected chi connectivity index (χ4v) is 2.02. The predicted octanol–water partition coefficient (Wildman–Crippen LogP) is 2.25. The highest BCUT2D eigenvalue weighted by atomic mass is 19.2. The smallest absolute Gasteiger partial charge is 0.414 e. The van der Waals surface area contributed by atoms with E-state index < -0.39 is 46.3 Å². The van der Waals surface area contributed by atoms with E-state index in [2.05, 4.69) is 4.74 Å². The van der Waals surface area contributed by atoms with Crippen LogP contribution >= 0.6 is 0 Å². The van der Waals surface area contributed by atoms with Crippen molar-refractivity contribution in [3.8, 4) is 0 Å². The number of nitrogens with one attached hydrogen (secondary N) is 1. The Bertz CT molecular complexity index is 673. The second-order valence-corrected chi connectivity index (χ2v) is 4.59. The van der Waals surface area contributed by atoms with Gasteiger partial charge in [0.2, 0.25) is 17.2 Å². The van der Waals surface area contributed by atoms with E-state index in [9.17, 15) is 23.5 Å². The lowest BCUT2D eigenvalue weighted by atomic mass is 9.91. The summed E-state index contributed by atoms with van der Waals surface area (Å²) in [4.78, 5) is 23.4. The zero-order valence-corrected chi connectivity index (χ0v) is 11.8. The largest absolute Gasteiger partial charge is 0.501 e. The number of aliphatic hydroxyl groups excluding tert-OH is 1. The summed E-state index contributed by atoms with van der Waals surface area (Å²) in [5.74, 6) is -4.93. The number of benzene rings is 1. The van der Waals surface area contributed by atoms with Gasteiger partial charge in [0.1, 0.15) is 0 Å². The Morgan fingerprint density at radius 1 is 1.45 bits per heavy atom. The van der Waals surface area contributed by atoms with Gasteiger partial charge in [0, 0.05) is 5.56 Å². The van der Waals surface area contributed by atoms with Crippen LogP contribution in [0.25, 0.3) is 0 Å². The molecule has 0 saturated carbocycles. The van der Waals surface area contributed by atoms with Gasteiger partial charge in [-0.15, -0.1) is 0 Å². The minimum Gasteiger partial charge on any atom is -0.501 e. The number of carbonyl (C=O) groups excluding carboxylic acids is 2. The maximum atomic E-state index is 13.9. The normalized spacial score (nSPS) is 20.8. The molecule has 0 aromatic heterocycles. The molecule has 0 aliphatic carbocycles. The van der Waals surface area contributed by atoms with Crippen molar-refractivity contribution in [1.29, 1.82) is 0 Å². The summed E-state index contributed by atoms with van der Waals surface area (Å²) in [6, 6.07) is 3.23. The third-order valence-corrected chi connectivity index (χ3v) is 3.13. The summed E-state index contributed by atoms with van der Waals surface area (Å²) in [7, 11) is 0. The first-order chi connectivity index (χ1) is 10.3. The number of halogens is 2. The van der Waals surface area contributed by atoms with Crippen molar-refractivity contribution in [3.05, 3.63) is 47.0 Å². The van der Waals surface area contributed by atoms with E-state index in [0.717, 1.165) is 19.1 Å². The number of hydrogen-bond acceptors (Lipinski definition) is 5. The number of rotatable bonds is 3. The molecule has 0 fully saturated rings. The Labute approximate surface area is 124 Å². The van der Waals surface area contributed by atoms with Gasteiger partial charge in [0.05, 0.1) is 6.61 Å². The zero-order chi connectivity index (χ0) is 16.5. The van der Waals surface area contributed by atoms with Gasteiger partial charge in [-0.25, -0.2) is 13.6 Å². The molecule has 1 aromatic carbocycles. The second-order valence-electron chi connectivity index (χ2n) is 4.59. The topological polar surface area (TPSA) is 84.9 Å². The second kappa shape index (κ2) is 5.63. The van der Waals surface area contributed by atoms with Crippen molar-refractivity contribution in [2.24, 2.45) is 0 Å². The quantitative estimate of drug-likeness (QED) is 0.894. The molecule has 1 aromatic rings. The van der Waals surface area contributed by atoms with Crippen LogP contribution in [0.2, 0.25) is 0 Å². The molecule has 0 spiro atoms. The zero-order valence-electron chi connectivity index (χ0n) is 11.8. The number of ether oxygens (including phenoxy) is 2. The van der Waals surface area contributed by atoms with Gasteiger partial charge >= 0.3 is 6.09 Å². The molecule has 1 atom stereocenters. The van der Waals surface area contributed by atoms with Crippen LogP contribution in [0.15, 0.2) is 29.8 Å². The average Bonchev–Trinajstić information content (AvgIpc) is 2.67. The molecule has 1 unspecified atom stereocenters. The van der Waals surface area contributed by atoms with Gasteiger partial charge in [-0.1, -0.05) is 12.1 Å². The lowest BCUT2D eigenvalue weighted by Gasteiger charge is -2.24. The lowest BCUT2D eigenvalue weighted by Crippen LogP contribution is -2.33. The number of aliphatic hydroxyl groups is 1. The molecule has 8 heteroatoms. The molecule has 22 heavy (non-hydrogen) atoms. The molecule has 1 aliphatic heterocycles. The van der Waals surface area contributed by atoms with Crippen LogP contribution in [-0.2, 0) is 19.9 Å². The first-order valence-electron chi connectivity index (χ1n) is 6.36. The standard InChI is InChI=1S/C14H13F2NO5/c1-3-21-13(20)17-12-10(18)11(19)14(2,22-12)7-5-4-6-8(15)9(7)16/h4-6,18H,3H2,1-2H3,(H,17,20). The molecule has 0 bridgehead atoms. The summed E-state index contributed by atoms with van der Waals surface area (Å²) in [6.07, 6.45) is -0.958. The van der Waals surface area contributed by atoms with Crippen LogP contribution < -0.4 is 5.32 Å². The summed E-state index contributed by atoms with van der Waals surface area (Å²) in [5, 5.41) is 11.8. The van der Waals surface area contributed by atoms with Crippen LogP contribution in [0, 0.1) is 11.6 Å². The minimum atomic E-state index is -1.99. The molecule has 1 aliphatic rings. The van der Waals surface area contributed by atoms with Gasteiger partial charge in [-0.05, 0) is 19.9 Å². The van der Waals surface area contributed by atoms with Crippen LogP contribution in [0.1, 0.15) is 19.4 Å². The number of carbonyl (C=O) groups is 2. The summed E-state index contributed by atoms with van der Waals surface area (Å²) >= 11 is 0. The van der Waals surface area contributed by atoms with E-state index in [1.807, 2.05) is 5.32 Å². The molecule has 2 rings (SSSR count). The van der Waals surface area contributed by atoms with E-state index in [4.69, 9.17) is 4.74 Å². The predicted molar refractivity (Wildman–Crippen MR) is 69.6 cm³/mol. The van der Waals surface area contributed by atoms with Crippen molar-refractivity contribution in [2.75, 3.05) is 6.61 Å². The van der Waals surface area contributed by atoms with E-state index in [1.54, 1.807) is 6.92 Å². The number of alkyl carbamates (subject to hydrolysis) is 1. The molecule has 1 heterocycles. The van der Waals surface area contributed by atoms with Gasteiger partial charge in [-0.3, -0.25) is 10.1 Å². The lowest BCUT2D eigenvalue weighted by molar-refractivity contribution is -0.132. The number of hydrogen-bond donors (Lipinski definition) is 2. The summed E-state index contributed by atoms with van der Waals surface area (Å²) in [6.45, 7) is 2.77. The van der Waals surface area contributed by atoms with Gasteiger partial charge in [-0.2, -0.15) is 0 Å². The number of amides is 1. The number of Topliss-reactive ketones (excluding diaryl/α,β-unsaturated/α-hetero) is 1. The van der Waals surface area contributed by atoms with Crippen LogP contribution in [0.3, 0.4) is 0 Å².